The minimum Gasteiger partial charge on any atom is -0.375 e. The lowest BCUT2D eigenvalue weighted by Gasteiger charge is -2.36. The van der Waals surface area contributed by atoms with Crippen LogP contribution < -0.4 is 5.56 Å². The Bertz CT molecular complexity index is 1070. The molecule has 2 aromatic rings. The van der Waals surface area contributed by atoms with E-state index in [1.807, 2.05) is 0 Å². The number of likely N-dealkylation sites (tertiary alicyclic amines) is 1. The summed E-state index contributed by atoms with van der Waals surface area (Å²) in [6.45, 7) is 1.22. The van der Waals surface area contributed by atoms with Gasteiger partial charge in [0.1, 0.15) is 18.2 Å². The summed E-state index contributed by atoms with van der Waals surface area (Å²) in [6, 6.07) is 5.72. The van der Waals surface area contributed by atoms with Gasteiger partial charge in [-0.2, -0.15) is 0 Å². The molecule has 0 spiro atoms. The number of H-pyrrole nitrogens is 1. The Morgan fingerprint density at radius 3 is 2.88 bits per heavy atom. The van der Waals surface area contributed by atoms with Crippen molar-refractivity contribution in [1.82, 2.24) is 19.8 Å². The molecule has 2 aliphatic rings. The van der Waals surface area contributed by atoms with Gasteiger partial charge in [-0.05, 0) is 37.0 Å². The van der Waals surface area contributed by atoms with Crippen LogP contribution >= 0.6 is 0 Å². The van der Waals surface area contributed by atoms with Crippen molar-refractivity contribution in [3.8, 4) is 0 Å². The number of nitrogens with zero attached hydrogens (tertiary/aromatic N) is 3. The zero-order valence-corrected chi connectivity index (χ0v) is 18.1. The highest BCUT2D eigenvalue weighted by Gasteiger charge is 2.32. The van der Waals surface area contributed by atoms with Crippen molar-refractivity contribution in [2.24, 2.45) is 0 Å². The molecular weight excluding hydrogens is 415 g/mol. The van der Waals surface area contributed by atoms with Crippen molar-refractivity contribution in [2.75, 3.05) is 26.8 Å². The number of carbonyl (C=O) groups excluding carboxylic acids is 2. The van der Waals surface area contributed by atoms with Crippen molar-refractivity contribution in [1.29, 1.82) is 0 Å². The van der Waals surface area contributed by atoms with E-state index >= 15 is 0 Å². The molecule has 170 valence electrons. The predicted molar refractivity (Wildman–Crippen MR) is 114 cm³/mol. The molecule has 1 saturated heterocycles. The van der Waals surface area contributed by atoms with Gasteiger partial charge in [0, 0.05) is 26.6 Å². The molecular formula is C23H27FN4O4. The first-order valence-electron chi connectivity index (χ1n) is 10.9. The highest BCUT2D eigenvalue weighted by molar-refractivity contribution is 5.79. The van der Waals surface area contributed by atoms with Crippen LogP contribution in [0.2, 0.25) is 0 Å². The van der Waals surface area contributed by atoms with Crippen LogP contribution in [0.25, 0.3) is 0 Å². The lowest BCUT2D eigenvalue weighted by atomic mass is 9.99. The molecule has 32 heavy (non-hydrogen) atoms. The number of carbonyl (C=O) groups is 2. The molecule has 0 unspecified atom stereocenters. The smallest absolute Gasteiger partial charge is 0.256 e. The number of methoxy groups -OCH3 is 1. The molecule has 9 heteroatoms. The van der Waals surface area contributed by atoms with Gasteiger partial charge >= 0.3 is 0 Å². The van der Waals surface area contributed by atoms with Crippen LogP contribution in [0.3, 0.4) is 0 Å². The number of benzene rings is 1. The zero-order valence-electron chi connectivity index (χ0n) is 18.1. The Hall–Kier alpha value is -3.07. The van der Waals surface area contributed by atoms with E-state index in [9.17, 15) is 18.8 Å². The average molecular weight is 442 g/mol. The third kappa shape index (κ3) is 4.72. The summed E-state index contributed by atoms with van der Waals surface area (Å²) in [5.74, 6) is -0.165. The number of piperidine rings is 1. The molecule has 1 aromatic carbocycles. The topological polar surface area (TPSA) is 95.6 Å². The largest absolute Gasteiger partial charge is 0.375 e. The summed E-state index contributed by atoms with van der Waals surface area (Å²) in [5.41, 5.74) is 1.50. The molecule has 0 aliphatic carbocycles. The zero-order chi connectivity index (χ0) is 22.7. The molecule has 1 atom stereocenters. The number of nitrogens with one attached hydrogen (secondary N) is 1. The molecule has 2 aliphatic heterocycles. The van der Waals surface area contributed by atoms with Gasteiger partial charge in [0.2, 0.25) is 11.8 Å². The van der Waals surface area contributed by atoms with Gasteiger partial charge in [-0.3, -0.25) is 14.4 Å². The summed E-state index contributed by atoms with van der Waals surface area (Å²) < 4.78 is 18.4. The van der Waals surface area contributed by atoms with Crippen LogP contribution in [-0.2, 0) is 33.7 Å². The molecule has 2 amide bonds. The van der Waals surface area contributed by atoms with Gasteiger partial charge in [0.15, 0.2) is 0 Å². The minimum atomic E-state index is -0.371. The third-order valence-electron chi connectivity index (χ3n) is 6.09. The second-order valence-electron chi connectivity index (χ2n) is 8.28. The fraction of sp³-hybridized carbons (Fsp3) is 0.478. The van der Waals surface area contributed by atoms with E-state index in [4.69, 9.17) is 9.72 Å². The van der Waals surface area contributed by atoms with Crippen molar-refractivity contribution < 1.29 is 18.7 Å². The SMILES string of the molecule is COCC(=O)N1CCc2nc([C@@H]3CCCCN3C(=O)Cc3cccc(F)c3)[nH]c(=O)c2C1. The lowest BCUT2D eigenvalue weighted by molar-refractivity contribution is -0.136. The Balaban J connectivity index is 1.55. The van der Waals surface area contributed by atoms with Gasteiger partial charge in [-0.1, -0.05) is 12.1 Å². The highest BCUT2D eigenvalue weighted by Crippen LogP contribution is 2.30. The quantitative estimate of drug-likeness (QED) is 0.761. The van der Waals surface area contributed by atoms with Crippen LogP contribution in [0.15, 0.2) is 29.1 Å². The van der Waals surface area contributed by atoms with Gasteiger partial charge in [-0.25, -0.2) is 9.37 Å². The van der Waals surface area contributed by atoms with E-state index in [1.165, 1.54) is 19.2 Å². The first-order valence-corrected chi connectivity index (χ1v) is 10.9. The fourth-order valence-corrected chi connectivity index (χ4v) is 4.47. The number of aromatic nitrogens is 2. The molecule has 1 aromatic heterocycles. The second kappa shape index (κ2) is 9.60. The number of fused-ring (bicyclic) bond motifs is 1. The molecule has 0 saturated carbocycles. The first-order chi connectivity index (χ1) is 15.5. The first kappa shape index (κ1) is 22.1. The van der Waals surface area contributed by atoms with Crippen molar-refractivity contribution in [3.05, 3.63) is 63.1 Å². The summed E-state index contributed by atoms with van der Waals surface area (Å²) in [7, 11) is 1.46. The van der Waals surface area contributed by atoms with E-state index in [0.29, 0.717) is 48.6 Å². The third-order valence-corrected chi connectivity index (χ3v) is 6.09. The number of hydrogen-bond acceptors (Lipinski definition) is 5. The highest BCUT2D eigenvalue weighted by atomic mass is 19.1. The van der Waals surface area contributed by atoms with Crippen LogP contribution in [0.5, 0.6) is 0 Å². The normalized spacial score (nSPS) is 18.4. The van der Waals surface area contributed by atoms with E-state index in [2.05, 4.69) is 4.98 Å². The molecule has 0 bridgehead atoms. The van der Waals surface area contributed by atoms with Crippen molar-refractivity contribution >= 4 is 11.8 Å². The van der Waals surface area contributed by atoms with E-state index in [0.717, 1.165) is 12.8 Å². The molecule has 1 N–H and O–H groups in total. The summed E-state index contributed by atoms with van der Waals surface area (Å²) >= 11 is 0. The number of hydrogen-bond donors (Lipinski definition) is 1. The monoisotopic (exact) mass is 442 g/mol. The Kier molecular flexibility index (Phi) is 6.64. The molecule has 1 fully saturated rings. The van der Waals surface area contributed by atoms with Crippen molar-refractivity contribution in [2.45, 2.75) is 44.7 Å². The van der Waals surface area contributed by atoms with Gasteiger partial charge in [0.05, 0.1) is 30.3 Å². The van der Waals surface area contributed by atoms with Gasteiger partial charge in [-0.15, -0.1) is 0 Å². The molecule has 0 radical (unpaired) electrons. The summed E-state index contributed by atoms with van der Waals surface area (Å²) in [4.78, 5) is 48.9. The van der Waals surface area contributed by atoms with Gasteiger partial charge < -0.3 is 19.5 Å². The van der Waals surface area contributed by atoms with Crippen molar-refractivity contribution in [3.63, 3.8) is 0 Å². The van der Waals surface area contributed by atoms with Crippen LogP contribution in [0.4, 0.5) is 4.39 Å². The molecule has 8 nitrogen and oxygen atoms in total. The average Bonchev–Trinajstić information content (AvgIpc) is 2.79. The number of aromatic amines is 1. The standard InChI is InChI=1S/C23H27FN4O4/c1-32-14-21(30)27-10-8-18-17(13-27)23(31)26-22(25-18)19-7-2-3-9-28(19)20(29)12-15-5-4-6-16(24)11-15/h4-6,11,19H,2-3,7-10,12-14H2,1H3,(H,25,26,31)/t19-/m0/s1. The van der Waals surface area contributed by atoms with E-state index in [-0.39, 0.29) is 48.8 Å². The maximum atomic E-state index is 13.5. The lowest BCUT2D eigenvalue weighted by Crippen LogP contribution is -2.43. The summed E-state index contributed by atoms with van der Waals surface area (Å²) in [6.07, 6.45) is 3.08. The molecule has 4 rings (SSSR count). The molecule has 3 heterocycles. The van der Waals surface area contributed by atoms with E-state index < -0.39 is 0 Å². The Morgan fingerprint density at radius 2 is 2.09 bits per heavy atom. The number of ether oxygens (including phenoxy) is 1. The minimum absolute atomic E-state index is 0.0246. The maximum absolute atomic E-state index is 13.5. The Morgan fingerprint density at radius 1 is 1.25 bits per heavy atom. The van der Waals surface area contributed by atoms with E-state index in [1.54, 1.807) is 21.9 Å². The Labute approximate surface area is 185 Å². The maximum Gasteiger partial charge on any atom is 0.256 e. The fourth-order valence-electron chi connectivity index (χ4n) is 4.47. The van der Waals surface area contributed by atoms with Crippen LogP contribution in [-0.4, -0.2) is 58.4 Å². The summed E-state index contributed by atoms with van der Waals surface area (Å²) in [5, 5.41) is 0. The number of rotatable bonds is 5. The second-order valence-corrected chi connectivity index (χ2v) is 8.28. The van der Waals surface area contributed by atoms with Crippen LogP contribution in [0.1, 0.15) is 47.9 Å². The van der Waals surface area contributed by atoms with Crippen LogP contribution in [0, 0.1) is 5.82 Å². The number of halogens is 1. The predicted octanol–water partition coefficient (Wildman–Crippen LogP) is 1.74. The number of amides is 2. The van der Waals surface area contributed by atoms with Gasteiger partial charge in [0.25, 0.3) is 5.56 Å².